The second kappa shape index (κ2) is 16.2. The number of nitrogens with one attached hydrogen (secondary N) is 2. The minimum absolute atomic E-state index is 0.193. The van der Waals surface area contributed by atoms with Gasteiger partial charge in [-0.25, -0.2) is 4.79 Å². The van der Waals surface area contributed by atoms with Crippen molar-refractivity contribution < 1.29 is 19.1 Å². The Hall–Kier alpha value is -2.57. The molecule has 2 unspecified atom stereocenters. The summed E-state index contributed by atoms with van der Waals surface area (Å²) in [7, 11) is 0. The van der Waals surface area contributed by atoms with Crippen LogP contribution in [-0.2, 0) is 14.3 Å². The molecule has 0 spiro atoms. The molecule has 7 heteroatoms. The Morgan fingerprint density at radius 1 is 0.917 bits per heavy atom. The molecule has 0 aliphatic carbocycles. The molecule has 1 aromatic rings. The smallest absolute Gasteiger partial charge is 0.408 e. The van der Waals surface area contributed by atoms with Crippen molar-refractivity contribution in [1.82, 2.24) is 15.5 Å². The standard InChI is InChI=1S/C29H49N3O4/c1-8-10-12-13-15-21-32(27(34)23(4)31-28(35)36-29(5,6)7)25(24-18-16-22(3)17-19-24)26(33)30-20-14-11-9-2/h16-19,23,25H,8-15,20-21H2,1-7H3,(H,30,33)(H,31,35). The largest absolute Gasteiger partial charge is 0.444 e. The van der Waals surface area contributed by atoms with E-state index in [4.69, 9.17) is 4.74 Å². The van der Waals surface area contributed by atoms with Crippen molar-refractivity contribution in [3.63, 3.8) is 0 Å². The lowest BCUT2D eigenvalue weighted by atomic mass is 10.0. The van der Waals surface area contributed by atoms with Gasteiger partial charge in [-0.15, -0.1) is 0 Å². The van der Waals surface area contributed by atoms with E-state index in [9.17, 15) is 14.4 Å². The third-order valence-electron chi connectivity index (χ3n) is 5.92. The van der Waals surface area contributed by atoms with Crippen LogP contribution in [0, 0.1) is 6.92 Å². The molecular weight excluding hydrogens is 454 g/mol. The average molecular weight is 504 g/mol. The third-order valence-corrected chi connectivity index (χ3v) is 5.92. The minimum Gasteiger partial charge on any atom is -0.444 e. The Balaban J connectivity index is 3.20. The van der Waals surface area contributed by atoms with E-state index in [1.165, 1.54) is 0 Å². The van der Waals surface area contributed by atoms with Crippen LogP contribution >= 0.6 is 0 Å². The molecule has 36 heavy (non-hydrogen) atoms. The molecule has 0 fully saturated rings. The van der Waals surface area contributed by atoms with E-state index in [1.54, 1.807) is 32.6 Å². The topological polar surface area (TPSA) is 87.7 Å². The molecule has 0 heterocycles. The fourth-order valence-electron chi connectivity index (χ4n) is 3.95. The highest BCUT2D eigenvalue weighted by molar-refractivity contribution is 5.92. The summed E-state index contributed by atoms with van der Waals surface area (Å²) >= 11 is 0. The zero-order chi connectivity index (χ0) is 27.1. The maximum atomic E-state index is 13.7. The van der Waals surface area contributed by atoms with Crippen LogP contribution in [0.2, 0.25) is 0 Å². The fraction of sp³-hybridized carbons (Fsp3) is 0.690. The van der Waals surface area contributed by atoms with Gasteiger partial charge in [-0.05, 0) is 53.0 Å². The van der Waals surface area contributed by atoms with Gasteiger partial charge in [-0.2, -0.15) is 0 Å². The molecule has 0 aliphatic rings. The second-order valence-corrected chi connectivity index (χ2v) is 10.6. The number of carbonyl (C=O) groups excluding carboxylic acids is 3. The molecule has 0 saturated carbocycles. The van der Waals surface area contributed by atoms with Gasteiger partial charge in [0.2, 0.25) is 11.8 Å². The molecule has 2 atom stereocenters. The molecule has 0 bridgehead atoms. The number of carbonyl (C=O) groups is 3. The molecule has 0 aromatic heterocycles. The van der Waals surface area contributed by atoms with Crippen molar-refractivity contribution in [3.8, 4) is 0 Å². The Morgan fingerprint density at radius 2 is 1.50 bits per heavy atom. The van der Waals surface area contributed by atoms with Gasteiger partial charge < -0.3 is 20.3 Å². The number of benzene rings is 1. The van der Waals surface area contributed by atoms with E-state index in [-0.39, 0.29) is 11.8 Å². The quantitative estimate of drug-likeness (QED) is 0.285. The molecule has 1 rings (SSSR count). The van der Waals surface area contributed by atoms with Gasteiger partial charge in [0.1, 0.15) is 17.7 Å². The van der Waals surface area contributed by atoms with Crippen LogP contribution in [0.4, 0.5) is 4.79 Å². The van der Waals surface area contributed by atoms with E-state index in [2.05, 4.69) is 24.5 Å². The lowest BCUT2D eigenvalue weighted by Gasteiger charge is -2.34. The van der Waals surface area contributed by atoms with Crippen molar-refractivity contribution in [1.29, 1.82) is 0 Å². The van der Waals surface area contributed by atoms with Crippen LogP contribution in [0.1, 0.15) is 110 Å². The van der Waals surface area contributed by atoms with Crippen molar-refractivity contribution in [2.24, 2.45) is 0 Å². The summed E-state index contributed by atoms with van der Waals surface area (Å²) in [6, 6.07) is 6.13. The minimum atomic E-state index is -0.837. The number of hydrogen-bond acceptors (Lipinski definition) is 4. The highest BCUT2D eigenvalue weighted by Gasteiger charge is 2.34. The summed E-state index contributed by atoms with van der Waals surface area (Å²) in [4.78, 5) is 41.2. The maximum Gasteiger partial charge on any atom is 0.408 e. The lowest BCUT2D eigenvalue weighted by molar-refractivity contribution is -0.142. The first-order chi connectivity index (χ1) is 17.0. The summed E-state index contributed by atoms with van der Waals surface area (Å²) in [5.41, 5.74) is 1.17. The van der Waals surface area contributed by atoms with Crippen LogP contribution in [-0.4, -0.2) is 47.5 Å². The predicted molar refractivity (Wildman–Crippen MR) is 146 cm³/mol. The summed E-state index contributed by atoms with van der Waals surface area (Å²) in [5.74, 6) is -0.494. The summed E-state index contributed by atoms with van der Waals surface area (Å²) in [5, 5.41) is 5.70. The van der Waals surface area contributed by atoms with Gasteiger partial charge >= 0.3 is 6.09 Å². The molecule has 2 N–H and O–H groups in total. The van der Waals surface area contributed by atoms with Crippen molar-refractivity contribution in [3.05, 3.63) is 35.4 Å². The third kappa shape index (κ3) is 11.9. The maximum absolute atomic E-state index is 13.7. The second-order valence-electron chi connectivity index (χ2n) is 10.6. The van der Waals surface area contributed by atoms with Gasteiger partial charge in [-0.3, -0.25) is 9.59 Å². The van der Waals surface area contributed by atoms with Gasteiger partial charge in [0, 0.05) is 13.1 Å². The van der Waals surface area contributed by atoms with Crippen molar-refractivity contribution >= 4 is 17.9 Å². The highest BCUT2D eigenvalue weighted by Crippen LogP contribution is 2.24. The normalized spacial score (nSPS) is 13.0. The van der Waals surface area contributed by atoms with Gasteiger partial charge in [0.05, 0.1) is 0 Å². The molecule has 0 saturated heterocycles. The van der Waals surface area contributed by atoms with Crippen molar-refractivity contribution in [2.75, 3.05) is 13.1 Å². The first-order valence-corrected chi connectivity index (χ1v) is 13.6. The number of amides is 3. The molecule has 0 radical (unpaired) electrons. The first kappa shape index (κ1) is 31.5. The summed E-state index contributed by atoms with van der Waals surface area (Å²) in [6.45, 7) is 14.2. The monoisotopic (exact) mass is 503 g/mol. The summed E-state index contributed by atoms with van der Waals surface area (Å²) < 4.78 is 5.35. The molecule has 1 aromatic carbocycles. The number of hydrogen-bond donors (Lipinski definition) is 2. The molecule has 204 valence electrons. The number of ether oxygens (including phenoxy) is 1. The number of unbranched alkanes of at least 4 members (excludes halogenated alkanes) is 6. The SMILES string of the molecule is CCCCCCCN(C(=O)C(C)NC(=O)OC(C)(C)C)C(C(=O)NCCCCC)c1ccc(C)cc1. The number of alkyl carbamates (subject to hydrolysis) is 1. The van der Waals surface area contributed by atoms with Crippen LogP contribution in [0.5, 0.6) is 0 Å². The fourth-order valence-corrected chi connectivity index (χ4v) is 3.95. The Bertz CT molecular complexity index is 802. The molecular formula is C29H49N3O4. The van der Waals surface area contributed by atoms with Gasteiger partial charge in [0.25, 0.3) is 0 Å². The van der Waals surface area contributed by atoms with Crippen LogP contribution < -0.4 is 10.6 Å². The van der Waals surface area contributed by atoms with Crippen LogP contribution in [0.25, 0.3) is 0 Å². The van der Waals surface area contributed by atoms with E-state index in [0.29, 0.717) is 13.1 Å². The van der Waals surface area contributed by atoms with Crippen LogP contribution in [0.15, 0.2) is 24.3 Å². The Kier molecular flexibility index (Phi) is 14.2. The predicted octanol–water partition coefficient (Wildman–Crippen LogP) is 6.05. The van der Waals surface area contributed by atoms with Crippen molar-refractivity contribution in [2.45, 2.75) is 118 Å². The highest BCUT2D eigenvalue weighted by atomic mass is 16.6. The molecule has 3 amide bonds. The number of nitrogens with zero attached hydrogens (tertiary/aromatic N) is 1. The van der Waals surface area contributed by atoms with Gasteiger partial charge in [-0.1, -0.05) is 82.2 Å². The van der Waals surface area contributed by atoms with Gasteiger partial charge in [0.15, 0.2) is 0 Å². The Morgan fingerprint density at radius 3 is 2.08 bits per heavy atom. The lowest BCUT2D eigenvalue weighted by Crippen LogP contribution is -2.52. The zero-order valence-electron chi connectivity index (χ0n) is 23.6. The number of rotatable bonds is 15. The summed E-state index contributed by atoms with van der Waals surface area (Å²) in [6.07, 6.45) is 7.46. The van der Waals surface area contributed by atoms with Crippen LogP contribution in [0.3, 0.4) is 0 Å². The average Bonchev–Trinajstić information content (AvgIpc) is 2.80. The van der Waals surface area contributed by atoms with E-state index >= 15 is 0 Å². The van der Waals surface area contributed by atoms with E-state index in [1.807, 2.05) is 31.2 Å². The molecule has 7 nitrogen and oxygen atoms in total. The van der Waals surface area contributed by atoms with E-state index in [0.717, 1.165) is 62.5 Å². The first-order valence-electron chi connectivity index (χ1n) is 13.6. The Labute approximate surface area is 218 Å². The van der Waals surface area contributed by atoms with E-state index < -0.39 is 23.8 Å². The molecule has 0 aliphatic heterocycles. The number of aryl methyl sites for hydroxylation is 1. The zero-order valence-corrected chi connectivity index (χ0v) is 23.6.